The van der Waals surface area contributed by atoms with E-state index < -0.39 is 18.2 Å². The number of nitrogens with one attached hydrogen (secondary N) is 1. The first-order chi connectivity index (χ1) is 16.3. The maximum atomic E-state index is 13.7. The predicted octanol–water partition coefficient (Wildman–Crippen LogP) is 4.66. The molecule has 1 N–H and O–H groups in total. The summed E-state index contributed by atoms with van der Waals surface area (Å²) in [4.78, 5) is 42.1. The zero-order valence-corrected chi connectivity index (χ0v) is 20.1. The number of anilines is 1. The Morgan fingerprint density at radius 1 is 1.06 bits per heavy atom. The van der Waals surface area contributed by atoms with Gasteiger partial charge in [0.1, 0.15) is 0 Å². The number of amides is 3. The molecule has 0 spiro atoms. The van der Waals surface area contributed by atoms with Gasteiger partial charge in [0.2, 0.25) is 11.8 Å². The Labute approximate surface area is 201 Å². The molecule has 2 aromatic carbocycles. The molecule has 7 heteroatoms. The highest BCUT2D eigenvalue weighted by molar-refractivity contribution is 5.92. The number of rotatable bonds is 6. The number of cyclic esters (lactones) is 1. The standard InChI is InChI=1S/C27H33N3O4/c1-18(2)25(31)28-22-12-10-21(11-13-22)24-23(26(32)29-14-5-4-6-15-29)30(27(33)34-24)17-20-9-7-8-19(3)16-20/h7-13,16,18,23-24H,4-6,14-15,17H2,1-3H3,(H,28,31). The van der Waals surface area contributed by atoms with Crippen LogP contribution >= 0.6 is 0 Å². The maximum absolute atomic E-state index is 13.7. The van der Waals surface area contributed by atoms with Gasteiger partial charge in [-0.05, 0) is 49.4 Å². The highest BCUT2D eigenvalue weighted by Gasteiger charge is 2.48. The zero-order chi connectivity index (χ0) is 24.2. The number of piperidine rings is 1. The summed E-state index contributed by atoms with van der Waals surface area (Å²) in [5.74, 6) is -0.264. The van der Waals surface area contributed by atoms with Gasteiger partial charge in [-0.2, -0.15) is 0 Å². The molecular formula is C27H33N3O4. The van der Waals surface area contributed by atoms with E-state index in [-0.39, 0.29) is 17.7 Å². The van der Waals surface area contributed by atoms with E-state index in [9.17, 15) is 14.4 Å². The molecule has 2 aliphatic heterocycles. The fourth-order valence-corrected chi connectivity index (χ4v) is 4.55. The van der Waals surface area contributed by atoms with Crippen LogP contribution < -0.4 is 5.32 Å². The van der Waals surface area contributed by atoms with Crippen molar-refractivity contribution in [2.24, 2.45) is 5.92 Å². The van der Waals surface area contributed by atoms with Crippen LogP contribution in [-0.4, -0.2) is 46.8 Å². The van der Waals surface area contributed by atoms with Crippen LogP contribution in [0.2, 0.25) is 0 Å². The number of hydrogen-bond acceptors (Lipinski definition) is 4. The zero-order valence-electron chi connectivity index (χ0n) is 20.1. The van der Waals surface area contributed by atoms with Crippen molar-refractivity contribution in [2.75, 3.05) is 18.4 Å². The van der Waals surface area contributed by atoms with E-state index in [2.05, 4.69) is 5.32 Å². The van der Waals surface area contributed by atoms with Gasteiger partial charge in [0.25, 0.3) is 0 Å². The molecule has 2 atom stereocenters. The van der Waals surface area contributed by atoms with E-state index >= 15 is 0 Å². The van der Waals surface area contributed by atoms with Crippen LogP contribution in [0.3, 0.4) is 0 Å². The van der Waals surface area contributed by atoms with Crippen molar-refractivity contribution in [2.45, 2.75) is 58.7 Å². The van der Waals surface area contributed by atoms with Gasteiger partial charge in [0.05, 0.1) is 6.54 Å². The average Bonchev–Trinajstić information content (AvgIpc) is 3.15. The smallest absolute Gasteiger partial charge is 0.411 e. The summed E-state index contributed by atoms with van der Waals surface area (Å²) in [5.41, 5.74) is 3.46. The molecule has 2 heterocycles. The normalized spacial score (nSPS) is 20.4. The highest BCUT2D eigenvalue weighted by atomic mass is 16.6. The molecule has 2 unspecified atom stereocenters. The Kier molecular flexibility index (Phi) is 7.20. The Hall–Kier alpha value is -3.35. The number of ether oxygens (including phenoxy) is 1. The molecule has 4 rings (SSSR count). The molecule has 3 amide bonds. The van der Waals surface area contributed by atoms with Crippen LogP contribution in [0, 0.1) is 12.8 Å². The van der Waals surface area contributed by atoms with Crippen molar-refractivity contribution in [3.8, 4) is 0 Å². The van der Waals surface area contributed by atoms with Gasteiger partial charge in [-0.25, -0.2) is 4.79 Å². The minimum atomic E-state index is -0.734. The number of aryl methyl sites for hydroxylation is 1. The molecule has 0 bridgehead atoms. The van der Waals surface area contributed by atoms with Gasteiger partial charge in [-0.3, -0.25) is 14.5 Å². The molecule has 2 saturated heterocycles. The molecule has 7 nitrogen and oxygen atoms in total. The van der Waals surface area contributed by atoms with E-state index in [1.807, 2.05) is 62.1 Å². The summed E-state index contributed by atoms with van der Waals surface area (Å²) >= 11 is 0. The Morgan fingerprint density at radius 2 is 1.76 bits per heavy atom. The Morgan fingerprint density at radius 3 is 2.41 bits per heavy atom. The molecule has 0 saturated carbocycles. The van der Waals surface area contributed by atoms with Gasteiger partial charge in [0, 0.05) is 24.7 Å². The lowest BCUT2D eigenvalue weighted by atomic mass is 9.98. The van der Waals surface area contributed by atoms with Crippen molar-refractivity contribution in [1.29, 1.82) is 0 Å². The van der Waals surface area contributed by atoms with Crippen LogP contribution in [-0.2, 0) is 20.9 Å². The third kappa shape index (κ3) is 5.24. The van der Waals surface area contributed by atoms with E-state index in [0.717, 1.165) is 36.0 Å². The quantitative estimate of drug-likeness (QED) is 0.676. The van der Waals surface area contributed by atoms with Gasteiger partial charge >= 0.3 is 6.09 Å². The molecule has 0 aromatic heterocycles. The lowest BCUT2D eigenvalue weighted by Gasteiger charge is -2.33. The third-order valence-electron chi connectivity index (χ3n) is 6.47. The highest BCUT2D eigenvalue weighted by Crippen LogP contribution is 2.36. The molecular weight excluding hydrogens is 430 g/mol. The van der Waals surface area contributed by atoms with Crippen molar-refractivity contribution in [3.05, 3.63) is 65.2 Å². The van der Waals surface area contributed by atoms with E-state index in [1.165, 1.54) is 0 Å². The van der Waals surface area contributed by atoms with Crippen LogP contribution in [0.5, 0.6) is 0 Å². The fraction of sp³-hybridized carbons (Fsp3) is 0.444. The number of hydrogen-bond donors (Lipinski definition) is 1. The van der Waals surface area contributed by atoms with Crippen LogP contribution in [0.15, 0.2) is 48.5 Å². The number of benzene rings is 2. The summed E-state index contributed by atoms with van der Waals surface area (Å²) in [6, 6.07) is 14.4. The second-order valence-corrected chi connectivity index (χ2v) is 9.52. The van der Waals surface area contributed by atoms with E-state index in [0.29, 0.717) is 25.3 Å². The SMILES string of the molecule is Cc1cccc(CN2C(=O)OC(c3ccc(NC(=O)C(C)C)cc3)C2C(=O)N2CCCCC2)c1. The van der Waals surface area contributed by atoms with Crippen LogP contribution in [0.25, 0.3) is 0 Å². The molecule has 2 aliphatic rings. The average molecular weight is 464 g/mol. The first kappa shape index (κ1) is 23.8. The first-order valence-corrected chi connectivity index (χ1v) is 12.1. The summed E-state index contributed by atoms with van der Waals surface area (Å²) in [5, 5.41) is 2.87. The Balaban J connectivity index is 1.61. The fourth-order valence-electron chi connectivity index (χ4n) is 4.55. The molecule has 0 aliphatic carbocycles. The summed E-state index contributed by atoms with van der Waals surface area (Å²) in [7, 11) is 0. The molecule has 34 heavy (non-hydrogen) atoms. The molecule has 0 radical (unpaired) electrons. The second-order valence-electron chi connectivity index (χ2n) is 9.52. The van der Waals surface area contributed by atoms with Crippen LogP contribution in [0.4, 0.5) is 10.5 Å². The number of carbonyl (C=O) groups is 3. The summed E-state index contributed by atoms with van der Waals surface area (Å²) in [6.07, 6.45) is 1.87. The molecule has 2 fully saturated rings. The minimum absolute atomic E-state index is 0.0671. The minimum Gasteiger partial charge on any atom is -0.438 e. The second kappa shape index (κ2) is 10.3. The number of nitrogens with zero attached hydrogens (tertiary/aromatic N) is 2. The van der Waals surface area contributed by atoms with Gasteiger partial charge < -0.3 is 15.0 Å². The van der Waals surface area contributed by atoms with Crippen molar-refractivity contribution in [3.63, 3.8) is 0 Å². The third-order valence-corrected chi connectivity index (χ3v) is 6.47. The first-order valence-electron chi connectivity index (χ1n) is 12.1. The Bertz CT molecular complexity index is 1040. The van der Waals surface area contributed by atoms with Gasteiger partial charge in [-0.15, -0.1) is 0 Å². The molecule has 180 valence electrons. The summed E-state index contributed by atoms with van der Waals surface area (Å²) < 4.78 is 5.80. The maximum Gasteiger partial charge on any atom is 0.411 e. The summed E-state index contributed by atoms with van der Waals surface area (Å²) in [6.45, 7) is 7.39. The topological polar surface area (TPSA) is 79.0 Å². The number of likely N-dealkylation sites (tertiary alicyclic amines) is 1. The van der Waals surface area contributed by atoms with Crippen molar-refractivity contribution >= 4 is 23.6 Å². The van der Waals surface area contributed by atoms with E-state index in [1.54, 1.807) is 17.0 Å². The lowest BCUT2D eigenvalue weighted by Crippen LogP contribution is -2.49. The van der Waals surface area contributed by atoms with Gasteiger partial charge in [0.15, 0.2) is 12.1 Å². The largest absolute Gasteiger partial charge is 0.438 e. The lowest BCUT2D eigenvalue weighted by molar-refractivity contribution is -0.137. The monoisotopic (exact) mass is 463 g/mol. The number of carbonyl (C=O) groups excluding carboxylic acids is 3. The van der Waals surface area contributed by atoms with Crippen LogP contribution in [0.1, 0.15) is 55.9 Å². The van der Waals surface area contributed by atoms with Crippen molar-refractivity contribution in [1.82, 2.24) is 9.80 Å². The van der Waals surface area contributed by atoms with E-state index in [4.69, 9.17) is 4.74 Å². The van der Waals surface area contributed by atoms with Gasteiger partial charge in [-0.1, -0.05) is 55.8 Å². The predicted molar refractivity (Wildman–Crippen MR) is 130 cm³/mol. The molecule has 2 aromatic rings. The van der Waals surface area contributed by atoms with Crippen molar-refractivity contribution < 1.29 is 19.1 Å².